The minimum absolute atomic E-state index is 0.857. The molecule has 0 aliphatic rings. The second-order valence-electron chi connectivity index (χ2n) is 4.07. The van der Waals surface area contributed by atoms with Crippen LogP contribution < -0.4 is 5.32 Å². The Bertz CT molecular complexity index is 670. The number of nitrogens with zero attached hydrogens (tertiary/aromatic N) is 2. The highest BCUT2D eigenvalue weighted by molar-refractivity contribution is 7.15. The Labute approximate surface area is 110 Å². The molecule has 3 rings (SSSR count). The maximum absolute atomic E-state index is 4.49. The van der Waals surface area contributed by atoms with Crippen LogP contribution in [-0.2, 0) is 6.54 Å². The second kappa shape index (κ2) is 4.84. The quantitative estimate of drug-likeness (QED) is 0.781. The summed E-state index contributed by atoms with van der Waals surface area (Å²) in [4.78, 5) is 10.0. The molecule has 0 radical (unpaired) electrons. The molecule has 0 amide bonds. The molecule has 0 fully saturated rings. The number of rotatable bonds is 3. The molecule has 2 aromatic heterocycles. The van der Waals surface area contributed by atoms with Crippen LogP contribution in [0.2, 0.25) is 0 Å². The first kappa shape index (κ1) is 11.3. The van der Waals surface area contributed by atoms with Crippen LogP contribution in [0.5, 0.6) is 0 Å². The summed E-state index contributed by atoms with van der Waals surface area (Å²) in [6.45, 7) is 0.857. The van der Waals surface area contributed by atoms with Crippen molar-refractivity contribution in [1.29, 1.82) is 0 Å². The monoisotopic (exact) mass is 255 g/mol. The van der Waals surface area contributed by atoms with Crippen LogP contribution in [0.15, 0.2) is 42.9 Å². The lowest BCUT2D eigenvalue weighted by Crippen LogP contribution is -2.02. The fraction of sp³-hybridized carbons (Fsp3) is 0.143. The molecule has 0 aliphatic carbocycles. The molecule has 4 heteroatoms. The largest absolute Gasteiger partial charge is 0.315 e. The highest BCUT2D eigenvalue weighted by Crippen LogP contribution is 2.30. The van der Waals surface area contributed by atoms with Crippen molar-refractivity contribution in [3.8, 4) is 10.6 Å². The van der Waals surface area contributed by atoms with E-state index in [4.69, 9.17) is 0 Å². The van der Waals surface area contributed by atoms with Gasteiger partial charge in [-0.3, -0.25) is 4.98 Å². The Morgan fingerprint density at radius 2 is 2.06 bits per heavy atom. The van der Waals surface area contributed by atoms with E-state index in [1.54, 1.807) is 11.3 Å². The molecule has 0 saturated heterocycles. The van der Waals surface area contributed by atoms with Gasteiger partial charge in [0.1, 0.15) is 5.01 Å². The minimum Gasteiger partial charge on any atom is -0.315 e. The third kappa shape index (κ3) is 2.00. The molecule has 0 bridgehead atoms. The number of aromatic nitrogens is 2. The van der Waals surface area contributed by atoms with Crippen LogP contribution in [0.1, 0.15) is 4.88 Å². The van der Waals surface area contributed by atoms with Gasteiger partial charge in [-0.25, -0.2) is 4.98 Å². The third-order valence-electron chi connectivity index (χ3n) is 2.80. The molecule has 2 heterocycles. The molecular weight excluding hydrogens is 242 g/mol. The standard InChI is InChI=1S/C14H13N3S/c1-15-7-11-8-17-14(18-11)13-9-16-6-10-4-2-3-5-12(10)13/h2-6,8-9,15H,7H2,1H3. The molecule has 1 N–H and O–H groups in total. The number of pyridine rings is 1. The Kier molecular flexibility index (Phi) is 3.04. The number of thiazole rings is 1. The number of benzene rings is 1. The first-order chi connectivity index (χ1) is 8.88. The fourth-order valence-corrected chi connectivity index (χ4v) is 2.92. The first-order valence-corrected chi connectivity index (χ1v) is 6.62. The van der Waals surface area contributed by atoms with Gasteiger partial charge in [0, 0.05) is 41.0 Å². The van der Waals surface area contributed by atoms with E-state index in [0.29, 0.717) is 0 Å². The molecule has 0 atom stereocenters. The second-order valence-corrected chi connectivity index (χ2v) is 5.19. The third-order valence-corrected chi connectivity index (χ3v) is 3.83. The number of hydrogen-bond donors (Lipinski definition) is 1. The van der Waals surface area contributed by atoms with Crippen molar-refractivity contribution in [2.75, 3.05) is 7.05 Å². The van der Waals surface area contributed by atoms with Crippen molar-refractivity contribution in [3.05, 3.63) is 47.7 Å². The lowest BCUT2D eigenvalue weighted by molar-refractivity contribution is 0.829. The zero-order valence-electron chi connectivity index (χ0n) is 10.1. The van der Waals surface area contributed by atoms with Gasteiger partial charge in [-0.05, 0) is 12.4 Å². The van der Waals surface area contributed by atoms with Crippen molar-refractivity contribution in [3.63, 3.8) is 0 Å². The van der Waals surface area contributed by atoms with Gasteiger partial charge < -0.3 is 5.32 Å². The van der Waals surface area contributed by atoms with Crippen molar-refractivity contribution in [1.82, 2.24) is 15.3 Å². The van der Waals surface area contributed by atoms with E-state index in [-0.39, 0.29) is 0 Å². The minimum atomic E-state index is 0.857. The summed E-state index contributed by atoms with van der Waals surface area (Å²) in [5.41, 5.74) is 1.11. The Morgan fingerprint density at radius 1 is 1.17 bits per heavy atom. The van der Waals surface area contributed by atoms with Gasteiger partial charge in [-0.15, -0.1) is 11.3 Å². The number of hydrogen-bond acceptors (Lipinski definition) is 4. The lowest BCUT2D eigenvalue weighted by Gasteiger charge is -2.02. The predicted molar refractivity (Wildman–Crippen MR) is 75.6 cm³/mol. The van der Waals surface area contributed by atoms with E-state index in [1.165, 1.54) is 10.3 Å². The first-order valence-electron chi connectivity index (χ1n) is 5.81. The van der Waals surface area contributed by atoms with Crippen LogP contribution in [0.4, 0.5) is 0 Å². The van der Waals surface area contributed by atoms with Crippen LogP contribution in [0, 0.1) is 0 Å². The van der Waals surface area contributed by atoms with Crippen molar-refractivity contribution in [2.45, 2.75) is 6.54 Å². The normalized spacial score (nSPS) is 10.9. The highest BCUT2D eigenvalue weighted by Gasteiger charge is 2.08. The maximum atomic E-state index is 4.49. The van der Waals surface area contributed by atoms with E-state index in [1.807, 2.05) is 37.8 Å². The summed E-state index contributed by atoms with van der Waals surface area (Å²) in [5.74, 6) is 0. The van der Waals surface area contributed by atoms with E-state index < -0.39 is 0 Å². The maximum Gasteiger partial charge on any atom is 0.125 e. The lowest BCUT2D eigenvalue weighted by atomic mass is 10.1. The summed E-state index contributed by atoms with van der Waals surface area (Å²) in [5, 5.41) is 6.53. The average molecular weight is 255 g/mol. The molecule has 0 saturated carbocycles. The van der Waals surface area contributed by atoms with Gasteiger partial charge in [-0.1, -0.05) is 24.3 Å². The van der Waals surface area contributed by atoms with Gasteiger partial charge in [0.05, 0.1) is 0 Å². The highest BCUT2D eigenvalue weighted by atomic mass is 32.1. The van der Waals surface area contributed by atoms with E-state index in [0.717, 1.165) is 22.5 Å². The number of fused-ring (bicyclic) bond motifs is 1. The van der Waals surface area contributed by atoms with E-state index in [2.05, 4.69) is 27.4 Å². The Morgan fingerprint density at radius 3 is 2.94 bits per heavy atom. The smallest absolute Gasteiger partial charge is 0.125 e. The predicted octanol–water partition coefficient (Wildman–Crippen LogP) is 3.08. The zero-order valence-corrected chi connectivity index (χ0v) is 10.9. The molecule has 3 nitrogen and oxygen atoms in total. The fourth-order valence-electron chi connectivity index (χ4n) is 1.97. The number of nitrogens with one attached hydrogen (secondary N) is 1. The van der Waals surface area contributed by atoms with Crippen molar-refractivity contribution >= 4 is 22.1 Å². The van der Waals surface area contributed by atoms with E-state index in [9.17, 15) is 0 Å². The van der Waals surface area contributed by atoms with Gasteiger partial charge in [0.25, 0.3) is 0 Å². The van der Waals surface area contributed by atoms with Gasteiger partial charge >= 0.3 is 0 Å². The molecule has 3 aromatic rings. The van der Waals surface area contributed by atoms with Crippen molar-refractivity contribution in [2.24, 2.45) is 0 Å². The SMILES string of the molecule is CNCc1cnc(-c2cncc3ccccc23)s1. The van der Waals surface area contributed by atoms with Crippen LogP contribution in [-0.4, -0.2) is 17.0 Å². The summed E-state index contributed by atoms with van der Waals surface area (Å²) in [6.07, 6.45) is 5.71. The zero-order chi connectivity index (χ0) is 12.4. The molecule has 1 aromatic carbocycles. The van der Waals surface area contributed by atoms with Crippen LogP contribution >= 0.6 is 11.3 Å². The molecular formula is C14H13N3S. The summed E-state index contributed by atoms with van der Waals surface area (Å²) >= 11 is 1.71. The van der Waals surface area contributed by atoms with Gasteiger partial charge in [0.15, 0.2) is 0 Å². The summed E-state index contributed by atoms with van der Waals surface area (Å²) in [6, 6.07) is 8.27. The van der Waals surface area contributed by atoms with Gasteiger partial charge in [0.2, 0.25) is 0 Å². The summed E-state index contributed by atoms with van der Waals surface area (Å²) in [7, 11) is 1.94. The average Bonchev–Trinajstić information content (AvgIpc) is 2.87. The molecule has 90 valence electrons. The van der Waals surface area contributed by atoms with E-state index >= 15 is 0 Å². The summed E-state index contributed by atoms with van der Waals surface area (Å²) < 4.78 is 0. The van der Waals surface area contributed by atoms with Crippen LogP contribution in [0.3, 0.4) is 0 Å². The Hall–Kier alpha value is -1.78. The van der Waals surface area contributed by atoms with Crippen LogP contribution in [0.25, 0.3) is 21.3 Å². The molecule has 0 aliphatic heterocycles. The molecule has 0 spiro atoms. The molecule has 18 heavy (non-hydrogen) atoms. The van der Waals surface area contributed by atoms with Gasteiger partial charge in [-0.2, -0.15) is 0 Å². The molecule has 0 unspecified atom stereocenters. The van der Waals surface area contributed by atoms with Crippen molar-refractivity contribution < 1.29 is 0 Å². The Balaban J connectivity index is 2.12. The topological polar surface area (TPSA) is 37.8 Å².